The molecule has 0 radical (unpaired) electrons. The first-order valence-electron chi connectivity index (χ1n) is 6.06. The predicted molar refractivity (Wildman–Crippen MR) is 69.7 cm³/mol. The first kappa shape index (κ1) is 11.4. The van der Waals surface area contributed by atoms with Gasteiger partial charge in [-0.05, 0) is 30.4 Å². The fourth-order valence-electron chi connectivity index (χ4n) is 2.78. The summed E-state index contributed by atoms with van der Waals surface area (Å²) >= 11 is 3.64. The molecule has 0 bridgehead atoms. The molecule has 0 aromatic heterocycles. The van der Waals surface area contributed by atoms with E-state index in [-0.39, 0.29) is 6.04 Å². The van der Waals surface area contributed by atoms with Crippen LogP contribution in [0.5, 0.6) is 11.5 Å². The van der Waals surface area contributed by atoms with Crippen LogP contribution in [-0.2, 0) is 0 Å². The first-order chi connectivity index (χ1) is 8.18. The van der Waals surface area contributed by atoms with Crippen molar-refractivity contribution in [2.75, 3.05) is 13.2 Å². The molecule has 1 unspecified atom stereocenters. The van der Waals surface area contributed by atoms with E-state index >= 15 is 0 Å². The van der Waals surface area contributed by atoms with Crippen LogP contribution in [0.2, 0.25) is 0 Å². The minimum absolute atomic E-state index is 0.0640. The Morgan fingerprint density at radius 1 is 1.24 bits per heavy atom. The highest BCUT2D eigenvalue weighted by Crippen LogP contribution is 2.49. The Hall–Kier alpha value is -0.740. The Kier molecular flexibility index (Phi) is 2.79. The first-order valence-corrected chi connectivity index (χ1v) is 6.85. The molecule has 4 heteroatoms. The number of fused-ring (bicyclic) bond motifs is 3. The number of nitrogens with two attached hydrogens (primary N) is 1. The third-order valence-corrected chi connectivity index (χ3v) is 4.29. The summed E-state index contributed by atoms with van der Waals surface area (Å²) < 4.78 is 12.5. The van der Waals surface area contributed by atoms with E-state index in [1.54, 1.807) is 0 Å². The molecular weight excluding hydrogens is 282 g/mol. The van der Waals surface area contributed by atoms with Gasteiger partial charge in [0.1, 0.15) is 13.2 Å². The fraction of sp³-hybridized carbons (Fsp3) is 0.538. The fourth-order valence-corrected chi connectivity index (χ4v) is 3.59. The van der Waals surface area contributed by atoms with Crippen molar-refractivity contribution in [1.82, 2.24) is 0 Å². The minimum Gasteiger partial charge on any atom is -0.486 e. The molecule has 3 rings (SSSR count). The number of hydrogen-bond donors (Lipinski definition) is 1. The van der Waals surface area contributed by atoms with Gasteiger partial charge < -0.3 is 15.2 Å². The Balaban J connectivity index is 2.24. The molecule has 1 aliphatic heterocycles. The SMILES string of the molecule is CC1CC[C@@H](N)c2c3c(cc(Br)c21)OCCO3. The molecule has 1 aromatic rings. The van der Waals surface area contributed by atoms with Crippen molar-refractivity contribution in [3.8, 4) is 11.5 Å². The van der Waals surface area contributed by atoms with Crippen molar-refractivity contribution in [3.05, 3.63) is 21.7 Å². The molecule has 2 aliphatic rings. The van der Waals surface area contributed by atoms with Gasteiger partial charge in [0.25, 0.3) is 0 Å². The molecule has 0 saturated carbocycles. The van der Waals surface area contributed by atoms with E-state index in [0.717, 1.165) is 34.4 Å². The monoisotopic (exact) mass is 297 g/mol. The summed E-state index contributed by atoms with van der Waals surface area (Å²) in [6.07, 6.45) is 2.15. The lowest BCUT2D eigenvalue weighted by Gasteiger charge is -2.32. The number of halogens is 1. The van der Waals surface area contributed by atoms with E-state index in [1.165, 1.54) is 5.56 Å². The van der Waals surface area contributed by atoms with Crippen LogP contribution in [0, 0.1) is 0 Å². The van der Waals surface area contributed by atoms with Crippen LogP contribution in [0.25, 0.3) is 0 Å². The molecule has 0 fully saturated rings. The highest BCUT2D eigenvalue weighted by atomic mass is 79.9. The van der Waals surface area contributed by atoms with Gasteiger partial charge in [-0.2, -0.15) is 0 Å². The number of rotatable bonds is 0. The second-order valence-electron chi connectivity index (χ2n) is 4.79. The average Bonchev–Trinajstić information content (AvgIpc) is 2.33. The largest absolute Gasteiger partial charge is 0.486 e. The summed E-state index contributed by atoms with van der Waals surface area (Å²) in [7, 11) is 0. The van der Waals surface area contributed by atoms with Gasteiger partial charge in [0, 0.05) is 16.1 Å². The molecule has 0 amide bonds. The van der Waals surface area contributed by atoms with E-state index in [0.29, 0.717) is 19.1 Å². The van der Waals surface area contributed by atoms with Gasteiger partial charge in [-0.25, -0.2) is 0 Å². The minimum atomic E-state index is 0.0640. The van der Waals surface area contributed by atoms with Gasteiger partial charge >= 0.3 is 0 Å². The Morgan fingerprint density at radius 3 is 2.82 bits per heavy atom. The molecule has 0 spiro atoms. The predicted octanol–water partition coefficient (Wildman–Crippen LogP) is 3.12. The van der Waals surface area contributed by atoms with E-state index in [4.69, 9.17) is 15.2 Å². The zero-order valence-electron chi connectivity index (χ0n) is 9.83. The van der Waals surface area contributed by atoms with Crippen LogP contribution in [0.3, 0.4) is 0 Å². The molecule has 3 nitrogen and oxygen atoms in total. The standard InChI is InChI=1S/C13H16BrNO2/c1-7-2-3-9(15)12-11(7)8(14)6-10-13(12)17-5-4-16-10/h6-7,9H,2-5,15H2,1H3/t7?,9-/m1/s1. The topological polar surface area (TPSA) is 44.5 Å². The summed E-state index contributed by atoms with van der Waals surface area (Å²) in [5.74, 6) is 2.22. The summed E-state index contributed by atoms with van der Waals surface area (Å²) in [6, 6.07) is 2.08. The molecule has 1 aromatic carbocycles. The maximum atomic E-state index is 6.25. The molecule has 2 N–H and O–H groups in total. The molecule has 1 aliphatic carbocycles. The third-order valence-electron chi connectivity index (χ3n) is 3.64. The van der Waals surface area contributed by atoms with E-state index in [1.807, 2.05) is 6.07 Å². The third kappa shape index (κ3) is 1.74. The maximum Gasteiger partial charge on any atom is 0.166 e. The second kappa shape index (κ2) is 4.18. The summed E-state index contributed by atoms with van der Waals surface area (Å²) in [6.45, 7) is 3.47. The van der Waals surface area contributed by atoms with Crippen LogP contribution in [0.15, 0.2) is 10.5 Å². The summed E-state index contributed by atoms with van der Waals surface area (Å²) in [5, 5.41) is 0. The Morgan fingerprint density at radius 2 is 2.00 bits per heavy atom. The van der Waals surface area contributed by atoms with Crippen molar-refractivity contribution < 1.29 is 9.47 Å². The smallest absolute Gasteiger partial charge is 0.166 e. The molecule has 0 saturated heterocycles. The lowest BCUT2D eigenvalue weighted by Crippen LogP contribution is -2.24. The van der Waals surface area contributed by atoms with Crippen molar-refractivity contribution in [2.45, 2.75) is 31.7 Å². The molecule has 17 heavy (non-hydrogen) atoms. The average molecular weight is 298 g/mol. The lowest BCUT2D eigenvalue weighted by atomic mass is 9.80. The van der Waals surface area contributed by atoms with Gasteiger partial charge in [-0.3, -0.25) is 0 Å². The van der Waals surface area contributed by atoms with Crippen LogP contribution in [0.1, 0.15) is 42.9 Å². The van der Waals surface area contributed by atoms with Crippen LogP contribution in [0.4, 0.5) is 0 Å². The van der Waals surface area contributed by atoms with Crippen molar-refractivity contribution in [2.24, 2.45) is 5.73 Å². The van der Waals surface area contributed by atoms with Crippen LogP contribution in [-0.4, -0.2) is 13.2 Å². The van der Waals surface area contributed by atoms with Crippen molar-refractivity contribution in [1.29, 1.82) is 0 Å². The van der Waals surface area contributed by atoms with Gasteiger partial charge in [-0.1, -0.05) is 22.9 Å². The molecule has 2 atom stereocenters. The Bertz CT molecular complexity index is 461. The van der Waals surface area contributed by atoms with E-state index < -0.39 is 0 Å². The van der Waals surface area contributed by atoms with E-state index in [9.17, 15) is 0 Å². The zero-order valence-corrected chi connectivity index (χ0v) is 11.4. The summed E-state index contributed by atoms with van der Waals surface area (Å²) in [4.78, 5) is 0. The van der Waals surface area contributed by atoms with Crippen LogP contribution >= 0.6 is 15.9 Å². The maximum absolute atomic E-state index is 6.25. The van der Waals surface area contributed by atoms with Gasteiger partial charge in [0.15, 0.2) is 11.5 Å². The number of ether oxygens (including phenoxy) is 2. The van der Waals surface area contributed by atoms with Crippen LogP contribution < -0.4 is 15.2 Å². The highest BCUT2D eigenvalue weighted by molar-refractivity contribution is 9.10. The van der Waals surface area contributed by atoms with Gasteiger partial charge in [0.05, 0.1) is 0 Å². The number of hydrogen-bond acceptors (Lipinski definition) is 3. The number of benzene rings is 1. The van der Waals surface area contributed by atoms with Gasteiger partial charge in [0.2, 0.25) is 0 Å². The molecular formula is C13H16BrNO2. The van der Waals surface area contributed by atoms with Crippen molar-refractivity contribution >= 4 is 15.9 Å². The second-order valence-corrected chi connectivity index (χ2v) is 5.65. The summed E-state index contributed by atoms with van der Waals surface area (Å²) in [5.41, 5.74) is 8.69. The molecule has 1 heterocycles. The molecule has 92 valence electrons. The van der Waals surface area contributed by atoms with Gasteiger partial charge in [-0.15, -0.1) is 0 Å². The Labute approximate surface area is 109 Å². The van der Waals surface area contributed by atoms with Crippen molar-refractivity contribution in [3.63, 3.8) is 0 Å². The quantitative estimate of drug-likeness (QED) is 0.800. The lowest BCUT2D eigenvalue weighted by molar-refractivity contribution is 0.168. The highest BCUT2D eigenvalue weighted by Gasteiger charge is 2.31. The van der Waals surface area contributed by atoms with E-state index in [2.05, 4.69) is 22.9 Å². The normalized spacial score (nSPS) is 26.5. The zero-order chi connectivity index (χ0) is 12.0.